The minimum atomic E-state index is 0.200. The number of benzene rings is 1. The molecule has 0 radical (unpaired) electrons. The molecule has 1 aromatic carbocycles. The summed E-state index contributed by atoms with van der Waals surface area (Å²) in [6.07, 6.45) is 10.0. The van der Waals surface area contributed by atoms with Crippen molar-refractivity contribution in [1.29, 1.82) is 0 Å². The number of aromatic nitrogens is 1. The number of nitrogens with zero attached hydrogens (tertiary/aromatic N) is 1. The molecule has 0 amide bonds. The molecule has 3 rings (SSSR count). The van der Waals surface area contributed by atoms with Gasteiger partial charge in [0.05, 0.1) is 18.3 Å². The molecular weight excluding hydrogens is 262 g/mol. The second kappa shape index (κ2) is 6.10. The summed E-state index contributed by atoms with van der Waals surface area (Å²) in [6.45, 7) is 0.200. The van der Waals surface area contributed by atoms with Gasteiger partial charge in [-0.2, -0.15) is 0 Å². The quantitative estimate of drug-likeness (QED) is 0.913. The number of aliphatic hydroxyl groups is 1. The van der Waals surface area contributed by atoms with Gasteiger partial charge in [-0.15, -0.1) is 0 Å². The highest BCUT2D eigenvalue weighted by atomic mass is 16.5. The Balaban J connectivity index is 2.09. The van der Waals surface area contributed by atoms with E-state index in [9.17, 15) is 0 Å². The number of allylic oxidation sites excluding steroid dienone is 4. The van der Waals surface area contributed by atoms with Gasteiger partial charge in [0.2, 0.25) is 0 Å². The van der Waals surface area contributed by atoms with Gasteiger partial charge in [0.1, 0.15) is 5.75 Å². The Bertz CT molecular complexity index is 692. The first-order chi connectivity index (χ1) is 10.3. The standard InChI is InChI=1S/C18H19NO2/c1-21-16-8-9-17-15(12-16)11-14(7-4-10-20)18(19-17)13-5-2-3-6-13/h2-3,5-6,8-9,11-13,20H,4,7,10H2,1H3. The lowest BCUT2D eigenvalue weighted by molar-refractivity contribution is 0.288. The van der Waals surface area contributed by atoms with E-state index in [4.69, 9.17) is 14.8 Å². The molecule has 3 nitrogen and oxygen atoms in total. The van der Waals surface area contributed by atoms with E-state index >= 15 is 0 Å². The largest absolute Gasteiger partial charge is 0.497 e. The Morgan fingerprint density at radius 3 is 2.71 bits per heavy atom. The second-order valence-corrected chi connectivity index (χ2v) is 5.21. The van der Waals surface area contributed by atoms with Crippen molar-refractivity contribution in [3.8, 4) is 5.75 Å². The zero-order valence-electron chi connectivity index (χ0n) is 12.1. The summed E-state index contributed by atoms with van der Waals surface area (Å²) >= 11 is 0. The predicted molar refractivity (Wildman–Crippen MR) is 84.7 cm³/mol. The molecule has 1 aromatic heterocycles. The molecule has 21 heavy (non-hydrogen) atoms. The summed E-state index contributed by atoms with van der Waals surface area (Å²) < 4.78 is 5.28. The molecule has 1 aliphatic carbocycles. The van der Waals surface area contributed by atoms with Crippen molar-refractivity contribution < 1.29 is 9.84 Å². The zero-order chi connectivity index (χ0) is 14.7. The fraction of sp³-hybridized carbons (Fsp3) is 0.278. The summed E-state index contributed by atoms with van der Waals surface area (Å²) in [5.41, 5.74) is 3.27. The maximum atomic E-state index is 9.11. The molecule has 3 heteroatoms. The van der Waals surface area contributed by atoms with Gasteiger partial charge in [0, 0.05) is 17.9 Å². The van der Waals surface area contributed by atoms with Crippen molar-refractivity contribution in [2.24, 2.45) is 0 Å². The monoisotopic (exact) mass is 281 g/mol. The number of aliphatic hydroxyl groups excluding tert-OH is 1. The lowest BCUT2D eigenvalue weighted by Gasteiger charge is -2.14. The Morgan fingerprint density at radius 1 is 1.19 bits per heavy atom. The van der Waals surface area contributed by atoms with Crippen molar-refractivity contribution in [2.45, 2.75) is 18.8 Å². The first kappa shape index (κ1) is 13.8. The number of ether oxygens (including phenoxy) is 1. The third kappa shape index (κ3) is 2.83. The van der Waals surface area contributed by atoms with E-state index in [0.29, 0.717) is 0 Å². The van der Waals surface area contributed by atoms with Crippen molar-refractivity contribution in [3.63, 3.8) is 0 Å². The van der Waals surface area contributed by atoms with Crippen LogP contribution in [0.5, 0.6) is 5.75 Å². The van der Waals surface area contributed by atoms with Crippen LogP contribution >= 0.6 is 0 Å². The summed E-state index contributed by atoms with van der Waals surface area (Å²) in [5, 5.41) is 10.2. The summed E-state index contributed by atoms with van der Waals surface area (Å²) in [7, 11) is 1.67. The minimum Gasteiger partial charge on any atom is -0.497 e. The smallest absolute Gasteiger partial charge is 0.119 e. The van der Waals surface area contributed by atoms with Gasteiger partial charge in [0.25, 0.3) is 0 Å². The lowest BCUT2D eigenvalue weighted by Crippen LogP contribution is -2.03. The van der Waals surface area contributed by atoms with Crippen LogP contribution in [-0.4, -0.2) is 23.8 Å². The SMILES string of the molecule is COc1ccc2nc(C3C=CC=C3)c(CCCO)cc2c1. The molecule has 0 saturated carbocycles. The van der Waals surface area contributed by atoms with Gasteiger partial charge in [-0.25, -0.2) is 0 Å². The van der Waals surface area contributed by atoms with Crippen LogP contribution < -0.4 is 4.74 Å². The van der Waals surface area contributed by atoms with Crippen LogP contribution in [0.4, 0.5) is 0 Å². The number of hydrogen-bond acceptors (Lipinski definition) is 3. The van der Waals surface area contributed by atoms with E-state index in [1.54, 1.807) is 7.11 Å². The van der Waals surface area contributed by atoms with Gasteiger partial charge in [-0.3, -0.25) is 4.98 Å². The van der Waals surface area contributed by atoms with Gasteiger partial charge in [-0.05, 0) is 42.7 Å². The molecule has 1 aliphatic rings. The summed E-state index contributed by atoms with van der Waals surface area (Å²) in [4.78, 5) is 4.85. The topological polar surface area (TPSA) is 42.4 Å². The fourth-order valence-corrected chi connectivity index (χ4v) is 2.71. The highest BCUT2D eigenvalue weighted by molar-refractivity contribution is 5.81. The van der Waals surface area contributed by atoms with Crippen molar-refractivity contribution in [1.82, 2.24) is 4.98 Å². The molecule has 1 N–H and O–H groups in total. The third-order valence-electron chi connectivity index (χ3n) is 3.80. The Morgan fingerprint density at radius 2 is 2.00 bits per heavy atom. The van der Waals surface area contributed by atoms with Crippen LogP contribution in [0.3, 0.4) is 0 Å². The first-order valence-electron chi connectivity index (χ1n) is 7.25. The van der Waals surface area contributed by atoms with E-state index in [-0.39, 0.29) is 12.5 Å². The lowest BCUT2D eigenvalue weighted by atomic mass is 9.96. The average molecular weight is 281 g/mol. The van der Waals surface area contributed by atoms with Crippen LogP contribution in [0, 0.1) is 0 Å². The number of rotatable bonds is 5. The fourth-order valence-electron chi connectivity index (χ4n) is 2.71. The van der Waals surface area contributed by atoms with Crippen LogP contribution in [0.25, 0.3) is 10.9 Å². The highest BCUT2D eigenvalue weighted by Gasteiger charge is 2.15. The van der Waals surface area contributed by atoms with E-state index in [2.05, 4.69) is 30.4 Å². The molecule has 0 atom stereocenters. The summed E-state index contributed by atoms with van der Waals surface area (Å²) in [6, 6.07) is 8.12. The van der Waals surface area contributed by atoms with Crippen LogP contribution in [0.2, 0.25) is 0 Å². The van der Waals surface area contributed by atoms with Crippen molar-refractivity contribution in [2.75, 3.05) is 13.7 Å². The average Bonchev–Trinajstić information content (AvgIpc) is 3.05. The first-order valence-corrected chi connectivity index (χ1v) is 7.25. The van der Waals surface area contributed by atoms with Crippen LogP contribution in [-0.2, 0) is 6.42 Å². The number of hydrogen-bond donors (Lipinski definition) is 1. The van der Waals surface area contributed by atoms with Crippen molar-refractivity contribution >= 4 is 10.9 Å². The maximum absolute atomic E-state index is 9.11. The van der Waals surface area contributed by atoms with Gasteiger partial charge in [0.15, 0.2) is 0 Å². The van der Waals surface area contributed by atoms with E-state index in [0.717, 1.165) is 35.2 Å². The second-order valence-electron chi connectivity index (χ2n) is 5.21. The molecule has 0 saturated heterocycles. The van der Waals surface area contributed by atoms with E-state index < -0.39 is 0 Å². The summed E-state index contributed by atoms with van der Waals surface area (Å²) in [5.74, 6) is 1.08. The Labute approximate surface area is 124 Å². The number of pyridine rings is 1. The van der Waals surface area contributed by atoms with Crippen LogP contribution in [0.1, 0.15) is 23.6 Å². The van der Waals surface area contributed by atoms with Gasteiger partial charge >= 0.3 is 0 Å². The maximum Gasteiger partial charge on any atom is 0.119 e. The Kier molecular flexibility index (Phi) is 4.02. The highest BCUT2D eigenvalue weighted by Crippen LogP contribution is 2.29. The predicted octanol–water partition coefficient (Wildman–Crippen LogP) is 3.38. The third-order valence-corrected chi connectivity index (χ3v) is 3.80. The normalized spacial score (nSPS) is 14.2. The molecular formula is C18H19NO2. The Hall–Kier alpha value is -2.13. The minimum absolute atomic E-state index is 0.200. The molecule has 1 heterocycles. The van der Waals surface area contributed by atoms with Crippen LogP contribution in [0.15, 0.2) is 48.6 Å². The number of methoxy groups -OCH3 is 1. The van der Waals surface area contributed by atoms with Gasteiger partial charge < -0.3 is 9.84 Å². The van der Waals surface area contributed by atoms with E-state index in [1.165, 1.54) is 5.56 Å². The van der Waals surface area contributed by atoms with E-state index in [1.807, 2.05) is 18.2 Å². The molecule has 0 spiro atoms. The zero-order valence-corrected chi connectivity index (χ0v) is 12.1. The number of fused-ring (bicyclic) bond motifs is 1. The molecule has 0 unspecified atom stereocenters. The molecule has 2 aromatic rings. The number of aryl methyl sites for hydroxylation is 1. The van der Waals surface area contributed by atoms with Crippen molar-refractivity contribution in [3.05, 3.63) is 59.8 Å². The molecule has 0 fully saturated rings. The molecule has 0 aliphatic heterocycles. The molecule has 108 valence electrons. The van der Waals surface area contributed by atoms with Gasteiger partial charge in [-0.1, -0.05) is 24.3 Å². The molecule has 0 bridgehead atoms.